The van der Waals surface area contributed by atoms with Crippen molar-refractivity contribution < 1.29 is 9.59 Å². The Morgan fingerprint density at radius 3 is 2.75 bits per heavy atom. The summed E-state index contributed by atoms with van der Waals surface area (Å²) in [5, 5.41) is 13.2. The predicted octanol–water partition coefficient (Wildman–Crippen LogP) is 0.248. The Morgan fingerprint density at radius 2 is 2.10 bits per heavy atom. The van der Waals surface area contributed by atoms with Gasteiger partial charge in [0.05, 0.1) is 5.69 Å². The molecule has 106 valence electrons. The average molecular weight is 276 g/mol. The number of anilines is 1. The van der Waals surface area contributed by atoms with Crippen LogP contribution >= 0.6 is 0 Å². The number of hydrogen-bond acceptors (Lipinski definition) is 4. The number of carbonyl (C=O) groups excluding carboxylic acids is 2. The van der Waals surface area contributed by atoms with Crippen molar-refractivity contribution >= 4 is 17.5 Å². The standard InChI is InChI=1S/C12H16N6O2/c1-4-18-9(5-6-14-18)11(19)15-8-7-17(3)16-10(8)12(20)13-2/h5-7H,4H2,1-3H3,(H,13,20)(H,15,19). The summed E-state index contributed by atoms with van der Waals surface area (Å²) >= 11 is 0. The van der Waals surface area contributed by atoms with Crippen molar-refractivity contribution in [3.05, 3.63) is 29.8 Å². The van der Waals surface area contributed by atoms with Gasteiger partial charge in [0.1, 0.15) is 5.69 Å². The zero-order chi connectivity index (χ0) is 14.7. The number of aromatic nitrogens is 4. The van der Waals surface area contributed by atoms with Gasteiger partial charge in [-0.15, -0.1) is 0 Å². The van der Waals surface area contributed by atoms with Gasteiger partial charge >= 0.3 is 0 Å². The third-order valence-corrected chi connectivity index (χ3v) is 2.77. The molecule has 2 rings (SSSR count). The lowest BCUT2D eigenvalue weighted by molar-refractivity contribution is 0.0958. The molecule has 0 aliphatic heterocycles. The van der Waals surface area contributed by atoms with Gasteiger partial charge in [-0.25, -0.2) is 0 Å². The van der Waals surface area contributed by atoms with E-state index in [9.17, 15) is 9.59 Å². The quantitative estimate of drug-likeness (QED) is 0.837. The normalized spacial score (nSPS) is 10.3. The third kappa shape index (κ3) is 2.53. The summed E-state index contributed by atoms with van der Waals surface area (Å²) in [6.07, 6.45) is 3.14. The molecule has 0 unspecified atom stereocenters. The zero-order valence-electron chi connectivity index (χ0n) is 11.5. The molecule has 0 fully saturated rings. The van der Waals surface area contributed by atoms with Crippen LogP contribution in [-0.4, -0.2) is 38.4 Å². The first-order valence-electron chi connectivity index (χ1n) is 6.15. The van der Waals surface area contributed by atoms with Crippen LogP contribution in [-0.2, 0) is 13.6 Å². The molecule has 2 amide bonds. The highest BCUT2D eigenvalue weighted by atomic mass is 16.2. The van der Waals surface area contributed by atoms with E-state index in [1.165, 1.54) is 11.7 Å². The molecule has 2 N–H and O–H groups in total. The summed E-state index contributed by atoms with van der Waals surface area (Å²) in [6.45, 7) is 2.48. The molecule has 8 nitrogen and oxygen atoms in total. The van der Waals surface area contributed by atoms with E-state index in [2.05, 4.69) is 20.8 Å². The van der Waals surface area contributed by atoms with Gasteiger partial charge in [-0.05, 0) is 13.0 Å². The van der Waals surface area contributed by atoms with Gasteiger partial charge in [0.15, 0.2) is 5.69 Å². The fourth-order valence-electron chi connectivity index (χ4n) is 1.83. The molecule has 0 aromatic carbocycles. The van der Waals surface area contributed by atoms with Crippen LogP contribution < -0.4 is 10.6 Å². The van der Waals surface area contributed by atoms with Crippen LogP contribution in [0.2, 0.25) is 0 Å². The number of rotatable bonds is 4. The van der Waals surface area contributed by atoms with E-state index < -0.39 is 0 Å². The zero-order valence-corrected chi connectivity index (χ0v) is 11.5. The molecular weight excluding hydrogens is 260 g/mol. The maximum Gasteiger partial charge on any atom is 0.274 e. The van der Waals surface area contributed by atoms with Crippen molar-refractivity contribution in [3.8, 4) is 0 Å². The fraction of sp³-hybridized carbons (Fsp3) is 0.333. The molecule has 8 heteroatoms. The molecule has 0 saturated heterocycles. The number of aryl methyl sites for hydroxylation is 2. The minimum atomic E-state index is -0.357. The van der Waals surface area contributed by atoms with Crippen molar-refractivity contribution in [2.45, 2.75) is 13.5 Å². The van der Waals surface area contributed by atoms with Gasteiger partial charge in [-0.1, -0.05) is 0 Å². The second-order valence-electron chi connectivity index (χ2n) is 4.13. The SMILES string of the molecule is CCn1nccc1C(=O)Nc1cn(C)nc1C(=O)NC. The lowest BCUT2D eigenvalue weighted by atomic mass is 10.3. The topological polar surface area (TPSA) is 93.8 Å². The van der Waals surface area contributed by atoms with Gasteiger partial charge in [-0.2, -0.15) is 10.2 Å². The predicted molar refractivity (Wildman–Crippen MR) is 72.5 cm³/mol. The van der Waals surface area contributed by atoms with E-state index in [4.69, 9.17) is 0 Å². The van der Waals surface area contributed by atoms with E-state index in [-0.39, 0.29) is 17.5 Å². The Kier molecular flexibility index (Phi) is 3.83. The molecule has 2 heterocycles. The van der Waals surface area contributed by atoms with Crippen LogP contribution in [0.3, 0.4) is 0 Å². The summed E-state index contributed by atoms with van der Waals surface area (Å²) in [6, 6.07) is 1.62. The van der Waals surface area contributed by atoms with Crippen molar-refractivity contribution in [1.82, 2.24) is 24.9 Å². The van der Waals surface area contributed by atoms with Gasteiger partial charge < -0.3 is 10.6 Å². The van der Waals surface area contributed by atoms with Crippen molar-refractivity contribution in [2.24, 2.45) is 7.05 Å². The molecular formula is C12H16N6O2. The molecule has 0 spiro atoms. The third-order valence-electron chi connectivity index (χ3n) is 2.77. The minimum absolute atomic E-state index is 0.172. The van der Waals surface area contributed by atoms with Gasteiger partial charge in [0.25, 0.3) is 11.8 Å². The van der Waals surface area contributed by atoms with Crippen LogP contribution in [0.1, 0.15) is 27.9 Å². The Morgan fingerprint density at radius 1 is 1.35 bits per heavy atom. The van der Waals surface area contributed by atoms with Gasteiger partial charge in [0, 0.05) is 33.0 Å². The molecule has 0 bridgehead atoms. The first-order chi connectivity index (χ1) is 9.56. The second-order valence-corrected chi connectivity index (χ2v) is 4.13. The van der Waals surface area contributed by atoms with E-state index in [1.807, 2.05) is 6.92 Å². The van der Waals surface area contributed by atoms with Crippen LogP contribution in [0.4, 0.5) is 5.69 Å². The van der Waals surface area contributed by atoms with E-state index in [0.29, 0.717) is 17.9 Å². The summed E-state index contributed by atoms with van der Waals surface area (Å²) in [4.78, 5) is 23.9. The van der Waals surface area contributed by atoms with Crippen molar-refractivity contribution in [2.75, 3.05) is 12.4 Å². The second kappa shape index (κ2) is 5.55. The van der Waals surface area contributed by atoms with Crippen LogP contribution in [0.15, 0.2) is 18.5 Å². The van der Waals surface area contributed by atoms with E-state index in [0.717, 1.165) is 0 Å². The Labute approximate surface area is 115 Å². The van der Waals surface area contributed by atoms with Crippen molar-refractivity contribution in [3.63, 3.8) is 0 Å². The lowest BCUT2D eigenvalue weighted by Crippen LogP contribution is -2.22. The van der Waals surface area contributed by atoms with Crippen molar-refractivity contribution in [1.29, 1.82) is 0 Å². The number of nitrogens with zero attached hydrogens (tertiary/aromatic N) is 4. The number of nitrogens with one attached hydrogen (secondary N) is 2. The number of amides is 2. The van der Waals surface area contributed by atoms with Crippen LogP contribution in [0, 0.1) is 0 Å². The molecule has 0 aliphatic rings. The Bertz CT molecular complexity index is 642. The average Bonchev–Trinajstić information content (AvgIpc) is 3.04. The molecule has 0 atom stereocenters. The minimum Gasteiger partial charge on any atom is -0.354 e. The maximum absolute atomic E-state index is 12.2. The highest BCUT2D eigenvalue weighted by Gasteiger charge is 2.19. The Balaban J connectivity index is 2.26. The Hall–Kier alpha value is -2.64. The monoisotopic (exact) mass is 276 g/mol. The van der Waals surface area contributed by atoms with Gasteiger partial charge in [-0.3, -0.25) is 19.0 Å². The molecule has 2 aromatic rings. The van der Waals surface area contributed by atoms with Gasteiger partial charge in [0.2, 0.25) is 0 Å². The largest absolute Gasteiger partial charge is 0.354 e. The molecule has 0 radical (unpaired) electrons. The molecule has 20 heavy (non-hydrogen) atoms. The summed E-state index contributed by atoms with van der Waals surface area (Å²) in [7, 11) is 3.19. The smallest absolute Gasteiger partial charge is 0.274 e. The summed E-state index contributed by atoms with van der Waals surface area (Å²) < 4.78 is 3.04. The molecule has 2 aromatic heterocycles. The number of carbonyl (C=O) groups is 2. The van der Waals surface area contributed by atoms with Crippen LogP contribution in [0.5, 0.6) is 0 Å². The maximum atomic E-state index is 12.2. The first kappa shape index (κ1) is 13.8. The summed E-state index contributed by atoms with van der Waals surface area (Å²) in [5.41, 5.74) is 0.964. The highest BCUT2D eigenvalue weighted by Crippen LogP contribution is 2.14. The van der Waals surface area contributed by atoms with E-state index >= 15 is 0 Å². The molecule has 0 saturated carbocycles. The van der Waals surface area contributed by atoms with E-state index in [1.54, 1.807) is 30.2 Å². The lowest BCUT2D eigenvalue weighted by Gasteiger charge is -2.06. The van der Waals surface area contributed by atoms with Crippen LogP contribution in [0.25, 0.3) is 0 Å². The number of hydrogen-bond donors (Lipinski definition) is 2. The first-order valence-corrected chi connectivity index (χ1v) is 6.15. The molecule has 0 aliphatic carbocycles. The highest BCUT2D eigenvalue weighted by molar-refractivity contribution is 6.07. The fourth-order valence-corrected chi connectivity index (χ4v) is 1.83. The summed E-state index contributed by atoms with van der Waals surface area (Å²) in [5.74, 6) is -0.688.